The number of benzene rings is 3. The summed E-state index contributed by atoms with van der Waals surface area (Å²) in [6, 6.07) is 21.3. The first-order valence-corrected chi connectivity index (χ1v) is 11.0. The molecular weight excluding hydrogens is 463 g/mol. The molecule has 4 aromatic rings. The van der Waals surface area contributed by atoms with Crippen molar-refractivity contribution >= 4 is 17.4 Å². The van der Waals surface area contributed by atoms with Crippen molar-refractivity contribution in [3.63, 3.8) is 0 Å². The fourth-order valence-electron chi connectivity index (χ4n) is 4.04. The second-order valence-corrected chi connectivity index (χ2v) is 8.00. The molecule has 2 heterocycles. The number of ketones is 1. The minimum absolute atomic E-state index is 0.0281. The van der Waals surface area contributed by atoms with Gasteiger partial charge in [-0.1, -0.05) is 18.2 Å². The summed E-state index contributed by atoms with van der Waals surface area (Å²) < 4.78 is 26.1. The van der Waals surface area contributed by atoms with E-state index in [1.54, 1.807) is 36.1 Å². The standard InChI is InChI=1S/C27H19FN4O4/c1-35-19-11-12-23-20(13-19)25-22(15-36-23)24(31-32(25)18-5-3-2-4-6-18)26(33)21(14-29)27(34)30-17-9-7-16(28)8-10-17/h2-13,21H,15H2,1H3,(H,30,34). The summed E-state index contributed by atoms with van der Waals surface area (Å²) in [6.07, 6.45) is 0. The molecule has 1 aliphatic heterocycles. The lowest BCUT2D eigenvalue weighted by Gasteiger charge is -2.20. The zero-order valence-corrected chi connectivity index (χ0v) is 19.1. The molecule has 0 fully saturated rings. The summed E-state index contributed by atoms with van der Waals surface area (Å²) in [7, 11) is 1.55. The molecule has 0 spiro atoms. The van der Waals surface area contributed by atoms with Crippen LogP contribution in [0.25, 0.3) is 16.9 Å². The predicted octanol–water partition coefficient (Wildman–Crippen LogP) is 4.54. The van der Waals surface area contributed by atoms with Crippen LogP contribution in [0.5, 0.6) is 11.5 Å². The van der Waals surface area contributed by atoms with E-state index in [0.717, 1.165) is 0 Å². The highest BCUT2D eigenvalue weighted by Crippen LogP contribution is 2.42. The van der Waals surface area contributed by atoms with Crippen LogP contribution in [0.1, 0.15) is 16.1 Å². The van der Waals surface area contributed by atoms with E-state index in [4.69, 9.17) is 9.47 Å². The molecule has 5 rings (SSSR count). The van der Waals surface area contributed by atoms with Crippen molar-refractivity contribution in [3.8, 4) is 34.5 Å². The molecule has 1 amide bonds. The lowest BCUT2D eigenvalue weighted by atomic mass is 9.95. The first-order valence-electron chi connectivity index (χ1n) is 11.0. The van der Waals surface area contributed by atoms with E-state index in [-0.39, 0.29) is 18.0 Å². The quantitative estimate of drug-likeness (QED) is 0.319. The number of methoxy groups -OCH3 is 1. The topological polar surface area (TPSA) is 106 Å². The molecule has 1 aliphatic rings. The molecule has 0 aliphatic carbocycles. The third-order valence-electron chi connectivity index (χ3n) is 5.80. The molecule has 0 bridgehead atoms. The maximum absolute atomic E-state index is 13.5. The number of halogens is 1. The highest BCUT2D eigenvalue weighted by Gasteiger charge is 2.36. The average Bonchev–Trinajstić information content (AvgIpc) is 3.31. The largest absolute Gasteiger partial charge is 0.497 e. The fourth-order valence-corrected chi connectivity index (χ4v) is 4.04. The minimum Gasteiger partial charge on any atom is -0.497 e. The minimum atomic E-state index is -1.68. The predicted molar refractivity (Wildman–Crippen MR) is 128 cm³/mol. The number of para-hydroxylation sites is 1. The van der Waals surface area contributed by atoms with Gasteiger partial charge in [0.1, 0.15) is 29.6 Å². The molecular formula is C27H19FN4O4. The number of nitrogens with one attached hydrogen (secondary N) is 1. The van der Waals surface area contributed by atoms with Crippen LogP contribution >= 0.6 is 0 Å². The number of nitrogens with zero attached hydrogens (tertiary/aromatic N) is 3. The SMILES string of the molecule is COc1ccc2c(c1)-c1c(c(C(=O)C(C#N)C(=O)Nc3ccc(F)cc3)nn1-c1ccccc1)CO2. The Kier molecular flexibility index (Phi) is 5.92. The summed E-state index contributed by atoms with van der Waals surface area (Å²) in [5.41, 5.74) is 2.64. The second kappa shape index (κ2) is 9.35. The molecule has 178 valence electrons. The molecule has 3 aromatic carbocycles. The number of carbonyl (C=O) groups excluding carboxylic acids is 2. The number of carbonyl (C=O) groups is 2. The number of Topliss-reactive ketones (excluding diaryl/α,β-unsaturated/α-hetero) is 1. The molecule has 0 radical (unpaired) electrons. The van der Waals surface area contributed by atoms with E-state index in [2.05, 4.69) is 10.4 Å². The van der Waals surface area contributed by atoms with Crippen molar-refractivity contribution in [1.82, 2.24) is 9.78 Å². The van der Waals surface area contributed by atoms with Gasteiger partial charge in [-0.25, -0.2) is 9.07 Å². The smallest absolute Gasteiger partial charge is 0.249 e. The van der Waals surface area contributed by atoms with Crippen LogP contribution in [0.4, 0.5) is 10.1 Å². The maximum Gasteiger partial charge on any atom is 0.249 e. The Hall–Kier alpha value is -4.97. The summed E-state index contributed by atoms with van der Waals surface area (Å²) in [5, 5.41) is 16.8. The van der Waals surface area contributed by atoms with Crippen LogP contribution in [-0.2, 0) is 11.4 Å². The Bertz CT molecular complexity index is 1510. The van der Waals surface area contributed by atoms with Crippen molar-refractivity contribution in [1.29, 1.82) is 5.26 Å². The lowest BCUT2D eigenvalue weighted by Crippen LogP contribution is -2.29. The molecule has 0 saturated carbocycles. The Morgan fingerprint density at radius 3 is 2.58 bits per heavy atom. The Labute approximate surface area is 205 Å². The molecule has 1 atom stereocenters. The number of rotatable bonds is 6. The van der Waals surface area contributed by atoms with Gasteiger partial charge in [-0.3, -0.25) is 9.59 Å². The van der Waals surface area contributed by atoms with Crippen LogP contribution in [0.3, 0.4) is 0 Å². The second-order valence-electron chi connectivity index (χ2n) is 8.00. The first kappa shape index (κ1) is 22.8. The number of nitriles is 1. The Morgan fingerprint density at radius 2 is 1.89 bits per heavy atom. The molecule has 8 nitrogen and oxygen atoms in total. The van der Waals surface area contributed by atoms with Crippen LogP contribution in [-0.4, -0.2) is 28.6 Å². The van der Waals surface area contributed by atoms with Crippen LogP contribution in [0.15, 0.2) is 72.8 Å². The van der Waals surface area contributed by atoms with Crippen molar-refractivity contribution < 1.29 is 23.5 Å². The third-order valence-corrected chi connectivity index (χ3v) is 5.80. The number of fused-ring (bicyclic) bond motifs is 3. The van der Waals surface area contributed by atoms with Gasteiger partial charge in [0, 0.05) is 16.8 Å². The average molecular weight is 482 g/mol. The number of hydrogen-bond acceptors (Lipinski definition) is 6. The van der Waals surface area contributed by atoms with Gasteiger partial charge in [-0.2, -0.15) is 10.4 Å². The monoisotopic (exact) mass is 482 g/mol. The Morgan fingerprint density at radius 1 is 1.14 bits per heavy atom. The van der Waals surface area contributed by atoms with E-state index in [9.17, 15) is 19.2 Å². The van der Waals surface area contributed by atoms with Crippen LogP contribution in [0, 0.1) is 23.1 Å². The molecule has 36 heavy (non-hydrogen) atoms. The van der Waals surface area contributed by atoms with Gasteiger partial charge >= 0.3 is 0 Å². The molecule has 1 N–H and O–H groups in total. The normalized spacial score (nSPS) is 12.4. The summed E-state index contributed by atoms with van der Waals surface area (Å²) >= 11 is 0. The maximum atomic E-state index is 13.5. The number of hydrogen-bond donors (Lipinski definition) is 1. The highest BCUT2D eigenvalue weighted by atomic mass is 19.1. The molecule has 0 saturated heterocycles. The van der Waals surface area contributed by atoms with Gasteiger partial charge < -0.3 is 14.8 Å². The zero-order valence-electron chi connectivity index (χ0n) is 19.1. The summed E-state index contributed by atoms with van der Waals surface area (Å²) in [6.45, 7) is 0.0281. The molecule has 1 unspecified atom stereocenters. The van der Waals surface area contributed by atoms with Crippen molar-refractivity contribution in [2.75, 3.05) is 12.4 Å². The van der Waals surface area contributed by atoms with E-state index in [1.165, 1.54) is 24.3 Å². The Balaban J connectivity index is 1.59. The number of amides is 1. The third kappa shape index (κ3) is 4.05. The van der Waals surface area contributed by atoms with E-state index < -0.39 is 23.4 Å². The highest BCUT2D eigenvalue weighted by molar-refractivity contribution is 6.15. The fraction of sp³-hybridized carbons (Fsp3) is 0.111. The summed E-state index contributed by atoms with van der Waals surface area (Å²) in [5.74, 6) is -2.58. The van der Waals surface area contributed by atoms with Gasteiger partial charge in [-0.15, -0.1) is 0 Å². The lowest BCUT2D eigenvalue weighted by molar-refractivity contribution is -0.117. The number of anilines is 1. The number of aromatic nitrogens is 2. The molecule has 1 aromatic heterocycles. The van der Waals surface area contributed by atoms with Gasteiger partial charge in [-0.05, 0) is 54.6 Å². The summed E-state index contributed by atoms with van der Waals surface area (Å²) in [4.78, 5) is 26.4. The van der Waals surface area contributed by atoms with Crippen molar-refractivity contribution in [3.05, 3.63) is 89.9 Å². The van der Waals surface area contributed by atoms with Crippen molar-refractivity contribution in [2.24, 2.45) is 5.92 Å². The van der Waals surface area contributed by atoms with Gasteiger partial charge in [0.15, 0.2) is 5.92 Å². The van der Waals surface area contributed by atoms with Crippen LogP contribution in [0.2, 0.25) is 0 Å². The van der Waals surface area contributed by atoms with Gasteiger partial charge in [0.05, 0.1) is 24.6 Å². The van der Waals surface area contributed by atoms with E-state index >= 15 is 0 Å². The number of ether oxygens (including phenoxy) is 2. The zero-order chi connectivity index (χ0) is 25.2. The van der Waals surface area contributed by atoms with Gasteiger partial charge in [0.25, 0.3) is 0 Å². The van der Waals surface area contributed by atoms with E-state index in [1.807, 2.05) is 30.3 Å². The van der Waals surface area contributed by atoms with Gasteiger partial charge in [0.2, 0.25) is 11.7 Å². The first-order chi connectivity index (χ1) is 17.5. The van der Waals surface area contributed by atoms with Crippen LogP contribution < -0.4 is 14.8 Å². The molecule has 9 heteroatoms. The van der Waals surface area contributed by atoms with Crippen molar-refractivity contribution in [2.45, 2.75) is 6.61 Å². The van der Waals surface area contributed by atoms with E-state index in [0.29, 0.717) is 34.0 Å².